The van der Waals surface area contributed by atoms with Gasteiger partial charge >= 0.3 is 0 Å². The Bertz CT molecular complexity index is 5920. The van der Waals surface area contributed by atoms with E-state index >= 15 is 0 Å². The highest BCUT2D eigenvalue weighted by Crippen LogP contribution is 2.65. The summed E-state index contributed by atoms with van der Waals surface area (Å²) in [5, 5.41) is 12.8. The highest BCUT2D eigenvalue weighted by molar-refractivity contribution is 7.99. The number of ether oxygens (including phenoxy) is 1. The molecule has 0 radical (unpaired) electrons. The van der Waals surface area contributed by atoms with E-state index in [2.05, 4.69) is 409 Å². The maximum Gasteiger partial charge on any atom is 0.150 e. The van der Waals surface area contributed by atoms with Gasteiger partial charge in [-0.25, -0.2) is 0 Å². The molecule has 8 aliphatic rings. The first-order valence-electron chi connectivity index (χ1n) is 54.6. The van der Waals surface area contributed by atoms with Crippen LogP contribution in [-0.4, -0.2) is 4.98 Å². The van der Waals surface area contributed by atoms with E-state index in [0.29, 0.717) is 0 Å². The predicted molar refractivity (Wildman–Crippen MR) is 650 cm³/mol. The molecule has 5 nitrogen and oxygen atoms in total. The Morgan fingerprint density at radius 1 is 0.171 bits per heavy atom. The molecule has 756 valence electrons. The third-order valence-electron chi connectivity index (χ3n) is 24.1. The standard InChI is InChI=1S/2C25H16.C13H11N.C13H10.C12H9NO.C12H9NS.C12H9N.14C2H6/c2*1-5-13-21-17(9-1)18-10-2-6-14-22(18)25(21)23-15-7-3-11-19(23)20-12-4-8-16-24(20)25;1-3-7-12-10(5-1)9-11-6-2-4-8-13(11)14-12;1-3-7-12-10(5-1)9-11-6-2-4-8-13(11)12;2*1-3-7-11-9(5-1)13-10-6-2-4-8-12(10)14-11;1-3-7-11-9(5-1)10-6-2-4-8-12(10)13-11;14*1-2/h2*1-16H;1-8,14H,9H2;1-8H,9H2;2*1-8,13H;1-8,13H;14*1-2H3. The number of benzene rings is 18. The largest absolute Gasteiger partial charge is 0.453 e. The second-order valence-corrected chi connectivity index (χ2v) is 31.7. The third kappa shape index (κ3) is 25.8. The molecular formula is C140H164N4OS. The van der Waals surface area contributed by atoms with Crippen molar-refractivity contribution in [1.82, 2.24) is 4.98 Å². The number of nitrogens with one attached hydrogen (secondary N) is 4. The van der Waals surface area contributed by atoms with E-state index in [9.17, 15) is 0 Å². The van der Waals surface area contributed by atoms with E-state index in [4.69, 9.17) is 4.74 Å². The van der Waals surface area contributed by atoms with Crippen LogP contribution in [-0.2, 0) is 23.7 Å². The minimum atomic E-state index is -0.180. The number of aromatic nitrogens is 1. The van der Waals surface area contributed by atoms with Crippen LogP contribution in [0.3, 0.4) is 0 Å². The first-order valence-corrected chi connectivity index (χ1v) is 55.4. The fraction of sp³-hybridized carbons (Fsp3) is 0.229. The number of hydrogen-bond donors (Lipinski definition) is 4. The van der Waals surface area contributed by atoms with Gasteiger partial charge in [-0.3, -0.25) is 0 Å². The Balaban J connectivity index is 0.000000225. The molecular weight excluding hydrogens is 1790 g/mol. The summed E-state index contributed by atoms with van der Waals surface area (Å²) in [6.45, 7) is 56.0. The second kappa shape index (κ2) is 63.5. The maximum atomic E-state index is 5.71. The quantitative estimate of drug-likeness (QED) is 0.122. The van der Waals surface area contributed by atoms with E-state index in [1.54, 1.807) is 0 Å². The molecule has 18 aromatic carbocycles. The molecule has 0 amide bonds. The molecule has 0 bridgehead atoms. The van der Waals surface area contributed by atoms with Crippen molar-refractivity contribution in [3.63, 3.8) is 0 Å². The zero-order valence-electron chi connectivity index (χ0n) is 92.8. The van der Waals surface area contributed by atoms with Crippen LogP contribution < -0.4 is 20.7 Å². The lowest BCUT2D eigenvalue weighted by molar-refractivity contribution is 0.481. The molecule has 4 heterocycles. The van der Waals surface area contributed by atoms with Crippen molar-refractivity contribution in [2.24, 2.45) is 0 Å². The summed E-state index contributed by atoms with van der Waals surface area (Å²) in [5.41, 5.74) is 39.7. The van der Waals surface area contributed by atoms with Crippen molar-refractivity contribution in [1.29, 1.82) is 0 Å². The van der Waals surface area contributed by atoms with Crippen molar-refractivity contribution < 1.29 is 4.74 Å². The smallest absolute Gasteiger partial charge is 0.150 e. The summed E-state index contributed by atoms with van der Waals surface area (Å²) in [5.74, 6) is 1.76. The van der Waals surface area contributed by atoms with Gasteiger partial charge in [0, 0.05) is 49.4 Å². The fourth-order valence-electron chi connectivity index (χ4n) is 19.1. The number of hydrogen-bond acceptors (Lipinski definition) is 5. The van der Waals surface area contributed by atoms with Crippen molar-refractivity contribution in [2.75, 3.05) is 16.0 Å². The topological polar surface area (TPSA) is 61.1 Å². The monoisotopic (exact) mass is 1950 g/mol. The molecule has 3 aliphatic heterocycles. The van der Waals surface area contributed by atoms with Gasteiger partial charge in [-0.1, -0.05) is 570 Å². The SMILES string of the molecule is CC.CC.CC.CC.CC.CC.CC.CC.CC.CC.CC.CC.CC.CC.c1ccc2c(c1)-c1ccccc1C21c2ccccc2-c2ccccc21.c1ccc2c(c1)-c1ccccc1C21c2ccccc2-c2ccccc21.c1ccc2c(c1)Cc1ccccc1-2.c1ccc2c(c1)Cc1ccccc1N2.c1ccc2c(c1)Nc1ccccc1O2.c1ccc2c(c1)Nc1ccccc1S2.c1ccc2c(c1)[nH]c1ccccc12. The van der Waals surface area contributed by atoms with Crippen LogP contribution in [0.1, 0.15) is 261 Å². The predicted octanol–water partition coefficient (Wildman–Crippen LogP) is 43.8. The molecule has 146 heavy (non-hydrogen) atoms. The van der Waals surface area contributed by atoms with Gasteiger partial charge in [0.25, 0.3) is 0 Å². The molecule has 0 atom stereocenters. The summed E-state index contributed by atoms with van der Waals surface area (Å²) < 4.78 is 5.71. The zero-order chi connectivity index (χ0) is 106. The molecule has 1 aromatic heterocycles. The average molecular weight is 1950 g/mol. The first-order chi connectivity index (χ1) is 72.5. The van der Waals surface area contributed by atoms with Crippen molar-refractivity contribution in [3.05, 3.63) is 504 Å². The summed E-state index contributed by atoms with van der Waals surface area (Å²) in [6, 6.07) is 155. The fourth-order valence-corrected chi connectivity index (χ4v) is 20.1. The number of para-hydroxylation sites is 10. The number of H-pyrrole nitrogens is 1. The van der Waals surface area contributed by atoms with Gasteiger partial charge in [-0.2, -0.15) is 0 Å². The van der Waals surface area contributed by atoms with Crippen LogP contribution in [0.15, 0.2) is 447 Å². The second-order valence-electron chi connectivity index (χ2n) is 30.6. The molecule has 0 fully saturated rings. The lowest BCUT2D eigenvalue weighted by Crippen LogP contribution is -2.25. The zero-order valence-corrected chi connectivity index (χ0v) is 93.6. The first kappa shape index (κ1) is 118. The van der Waals surface area contributed by atoms with Crippen molar-refractivity contribution in [3.8, 4) is 67.1 Å². The Morgan fingerprint density at radius 2 is 0.356 bits per heavy atom. The molecule has 0 unspecified atom stereocenters. The average Bonchev–Trinajstić information content (AvgIpc) is 1.51. The van der Waals surface area contributed by atoms with Crippen LogP contribution in [0.5, 0.6) is 11.5 Å². The van der Waals surface area contributed by atoms with Crippen LogP contribution in [0.4, 0.5) is 34.1 Å². The lowest BCUT2D eigenvalue weighted by atomic mass is 9.70. The Morgan fingerprint density at radius 3 is 0.637 bits per heavy atom. The highest BCUT2D eigenvalue weighted by Gasteiger charge is 2.53. The molecule has 4 N–H and O–H groups in total. The summed E-state index contributed by atoms with van der Waals surface area (Å²) in [7, 11) is 0. The number of aromatic amines is 1. The number of fused-ring (bicyclic) bond motifs is 32. The van der Waals surface area contributed by atoms with Crippen LogP contribution in [0.2, 0.25) is 0 Å². The van der Waals surface area contributed by atoms with Gasteiger partial charge in [0.15, 0.2) is 11.5 Å². The van der Waals surface area contributed by atoms with Crippen LogP contribution in [0, 0.1) is 0 Å². The molecule has 0 saturated carbocycles. The third-order valence-corrected chi connectivity index (χ3v) is 25.3. The van der Waals surface area contributed by atoms with Gasteiger partial charge in [-0.15, -0.1) is 0 Å². The van der Waals surface area contributed by atoms with Crippen molar-refractivity contribution >= 4 is 67.7 Å². The number of anilines is 6. The molecule has 5 aliphatic carbocycles. The lowest BCUT2D eigenvalue weighted by Gasteiger charge is -2.30. The van der Waals surface area contributed by atoms with Gasteiger partial charge in [-0.05, 0) is 202 Å². The normalized spacial score (nSPS) is 11.3. The van der Waals surface area contributed by atoms with E-state index in [1.165, 1.54) is 177 Å². The Kier molecular flexibility index (Phi) is 51.4. The summed E-state index contributed by atoms with van der Waals surface area (Å²) >= 11 is 1.82. The molecule has 19 aromatic rings. The van der Waals surface area contributed by atoms with E-state index in [1.807, 2.05) is 254 Å². The Hall–Kier alpha value is -14.7. The molecule has 27 rings (SSSR count). The highest BCUT2D eigenvalue weighted by atomic mass is 32.2. The summed E-state index contributed by atoms with van der Waals surface area (Å²) in [6.07, 6.45) is 2.14. The molecule has 0 saturated heterocycles. The van der Waals surface area contributed by atoms with E-state index < -0.39 is 0 Å². The molecule has 6 heteroatoms. The van der Waals surface area contributed by atoms with E-state index in [-0.39, 0.29) is 10.8 Å². The van der Waals surface area contributed by atoms with E-state index in [0.717, 1.165) is 35.7 Å². The van der Waals surface area contributed by atoms with Gasteiger partial charge < -0.3 is 25.7 Å². The van der Waals surface area contributed by atoms with Gasteiger partial charge in [0.1, 0.15) is 0 Å². The van der Waals surface area contributed by atoms with Gasteiger partial charge in [0.2, 0.25) is 0 Å². The van der Waals surface area contributed by atoms with Crippen LogP contribution in [0.25, 0.3) is 77.4 Å². The Labute approximate surface area is 885 Å². The summed E-state index contributed by atoms with van der Waals surface area (Å²) in [4.78, 5) is 5.97. The van der Waals surface area contributed by atoms with Crippen LogP contribution >= 0.6 is 11.8 Å². The number of rotatable bonds is 0. The minimum Gasteiger partial charge on any atom is -0.453 e. The van der Waals surface area contributed by atoms with Gasteiger partial charge in [0.05, 0.1) is 33.6 Å². The maximum absolute atomic E-state index is 5.71. The molecule has 2 spiro atoms. The van der Waals surface area contributed by atoms with Crippen molar-refractivity contribution in [2.45, 2.75) is 227 Å². The minimum absolute atomic E-state index is 0.180.